The van der Waals surface area contributed by atoms with E-state index in [0.717, 1.165) is 12.1 Å². The molecule has 0 aliphatic carbocycles. The van der Waals surface area contributed by atoms with Crippen LogP contribution in [0.25, 0.3) is 0 Å². The first kappa shape index (κ1) is 10.8. The number of halogens is 1. The van der Waals surface area contributed by atoms with Crippen molar-refractivity contribution in [1.29, 1.82) is 0 Å². The minimum absolute atomic E-state index is 0.190. The quantitative estimate of drug-likeness (QED) is 0.627. The SMILES string of the molecule is O=C(NCCCl)NCCc1cnc[nH]1. The minimum atomic E-state index is -0.190. The highest BCUT2D eigenvalue weighted by molar-refractivity contribution is 6.18. The van der Waals surface area contributed by atoms with Gasteiger partial charge in [0.1, 0.15) is 0 Å². The number of urea groups is 1. The van der Waals surface area contributed by atoms with Gasteiger partial charge in [-0.05, 0) is 0 Å². The van der Waals surface area contributed by atoms with E-state index in [9.17, 15) is 4.79 Å². The molecule has 0 unspecified atom stereocenters. The molecule has 1 rings (SSSR count). The zero-order valence-corrected chi connectivity index (χ0v) is 8.47. The maximum atomic E-state index is 11.0. The number of alkyl halides is 1. The molecule has 0 fully saturated rings. The normalized spacial score (nSPS) is 9.79. The van der Waals surface area contributed by atoms with Gasteiger partial charge >= 0.3 is 6.03 Å². The summed E-state index contributed by atoms with van der Waals surface area (Å²) in [7, 11) is 0. The van der Waals surface area contributed by atoms with E-state index in [-0.39, 0.29) is 6.03 Å². The van der Waals surface area contributed by atoms with Gasteiger partial charge in [-0.25, -0.2) is 9.78 Å². The molecule has 0 aliphatic rings. The monoisotopic (exact) mass is 216 g/mol. The maximum absolute atomic E-state index is 11.0. The second kappa shape index (κ2) is 6.26. The number of imidazole rings is 1. The summed E-state index contributed by atoms with van der Waals surface area (Å²) in [6.45, 7) is 1.06. The smallest absolute Gasteiger partial charge is 0.314 e. The van der Waals surface area contributed by atoms with E-state index in [1.165, 1.54) is 0 Å². The topological polar surface area (TPSA) is 69.8 Å². The third-order valence-electron chi connectivity index (χ3n) is 1.61. The van der Waals surface area contributed by atoms with Crippen molar-refractivity contribution in [1.82, 2.24) is 20.6 Å². The number of nitrogens with one attached hydrogen (secondary N) is 3. The molecule has 0 aliphatic heterocycles. The summed E-state index contributed by atoms with van der Waals surface area (Å²) in [5.74, 6) is 0.425. The first-order chi connectivity index (χ1) is 6.83. The van der Waals surface area contributed by atoms with Crippen LogP contribution in [0.2, 0.25) is 0 Å². The third-order valence-corrected chi connectivity index (χ3v) is 1.80. The summed E-state index contributed by atoms with van der Waals surface area (Å²) in [6, 6.07) is -0.190. The molecule has 0 bridgehead atoms. The van der Waals surface area contributed by atoms with E-state index in [1.54, 1.807) is 12.5 Å². The van der Waals surface area contributed by atoms with Gasteiger partial charge in [0, 0.05) is 37.3 Å². The number of hydrogen-bond acceptors (Lipinski definition) is 2. The summed E-state index contributed by atoms with van der Waals surface area (Å²) in [5, 5.41) is 5.30. The van der Waals surface area contributed by atoms with Crippen molar-refractivity contribution >= 4 is 17.6 Å². The van der Waals surface area contributed by atoms with Gasteiger partial charge < -0.3 is 15.6 Å². The molecule has 6 heteroatoms. The molecule has 0 radical (unpaired) electrons. The molecule has 14 heavy (non-hydrogen) atoms. The molecular weight excluding hydrogens is 204 g/mol. The number of aromatic nitrogens is 2. The lowest BCUT2D eigenvalue weighted by atomic mass is 10.3. The molecular formula is C8H13ClN4O. The lowest BCUT2D eigenvalue weighted by Gasteiger charge is -2.04. The van der Waals surface area contributed by atoms with E-state index in [4.69, 9.17) is 11.6 Å². The molecule has 5 nitrogen and oxygen atoms in total. The average Bonchev–Trinajstić information content (AvgIpc) is 2.67. The zero-order chi connectivity index (χ0) is 10.2. The van der Waals surface area contributed by atoms with Crippen molar-refractivity contribution in [2.24, 2.45) is 0 Å². The first-order valence-electron chi connectivity index (χ1n) is 4.38. The molecule has 0 saturated carbocycles. The Labute approximate surface area is 87.2 Å². The second-order valence-corrected chi connectivity index (χ2v) is 3.08. The summed E-state index contributed by atoms with van der Waals surface area (Å²) in [6.07, 6.45) is 4.09. The van der Waals surface area contributed by atoms with Crippen LogP contribution in [0.15, 0.2) is 12.5 Å². The number of H-pyrrole nitrogens is 1. The molecule has 0 aromatic carbocycles. The number of aromatic amines is 1. The molecule has 1 aromatic rings. The van der Waals surface area contributed by atoms with E-state index >= 15 is 0 Å². The number of carbonyl (C=O) groups excluding carboxylic acids is 1. The van der Waals surface area contributed by atoms with Crippen molar-refractivity contribution in [3.05, 3.63) is 18.2 Å². The molecule has 78 valence electrons. The van der Waals surface area contributed by atoms with Crippen molar-refractivity contribution in [2.45, 2.75) is 6.42 Å². The van der Waals surface area contributed by atoms with Crippen LogP contribution in [0.4, 0.5) is 4.79 Å². The Morgan fingerprint density at radius 1 is 1.50 bits per heavy atom. The molecule has 3 N–H and O–H groups in total. The van der Waals surface area contributed by atoms with Crippen LogP contribution in [-0.2, 0) is 6.42 Å². The van der Waals surface area contributed by atoms with Gasteiger partial charge in [-0.1, -0.05) is 0 Å². The highest BCUT2D eigenvalue weighted by atomic mass is 35.5. The van der Waals surface area contributed by atoms with Gasteiger partial charge in [-0.3, -0.25) is 0 Å². The molecule has 1 aromatic heterocycles. The van der Waals surface area contributed by atoms with Crippen molar-refractivity contribution in [3.63, 3.8) is 0 Å². The second-order valence-electron chi connectivity index (χ2n) is 2.70. The number of rotatable bonds is 5. The summed E-state index contributed by atoms with van der Waals surface area (Å²) in [5.41, 5.74) is 1.00. The van der Waals surface area contributed by atoms with Gasteiger partial charge in [0.25, 0.3) is 0 Å². The van der Waals surface area contributed by atoms with Gasteiger partial charge in [0.15, 0.2) is 0 Å². The Kier molecular flexibility index (Phi) is 4.85. The number of carbonyl (C=O) groups is 1. The van der Waals surface area contributed by atoms with Crippen LogP contribution < -0.4 is 10.6 Å². The van der Waals surface area contributed by atoms with Crippen LogP contribution in [-0.4, -0.2) is 35.0 Å². The van der Waals surface area contributed by atoms with Crippen LogP contribution in [0.5, 0.6) is 0 Å². The number of hydrogen-bond donors (Lipinski definition) is 3. The maximum Gasteiger partial charge on any atom is 0.314 e. The van der Waals surface area contributed by atoms with E-state index in [1.807, 2.05) is 0 Å². The van der Waals surface area contributed by atoms with Gasteiger partial charge in [0.05, 0.1) is 6.33 Å². The molecule has 1 heterocycles. The van der Waals surface area contributed by atoms with E-state index in [0.29, 0.717) is 19.0 Å². The molecule has 0 spiro atoms. The Balaban J connectivity index is 2.06. The highest BCUT2D eigenvalue weighted by Crippen LogP contribution is 1.89. The summed E-state index contributed by atoms with van der Waals surface area (Å²) < 4.78 is 0. The summed E-state index contributed by atoms with van der Waals surface area (Å²) >= 11 is 5.41. The Morgan fingerprint density at radius 3 is 2.93 bits per heavy atom. The van der Waals surface area contributed by atoms with Crippen LogP contribution in [0, 0.1) is 0 Å². The first-order valence-corrected chi connectivity index (χ1v) is 4.91. The Bertz CT molecular complexity index is 262. The number of amides is 2. The Hall–Kier alpha value is -1.23. The number of nitrogens with zero attached hydrogens (tertiary/aromatic N) is 1. The van der Waals surface area contributed by atoms with Gasteiger partial charge in [-0.15, -0.1) is 11.6 Å². The van der Waals surface area contributed by atoms with Gasteiger partial charge in [-0.2, -0.15) is 0 Å². The standard InChI is InChI=1S/C8H13ClN4O/c9-2-4-12-8(14)11-3-1-7-5-10-6-13-7/h5-6H,1-4H2,(H,10,13)(H2,11,12,14). The van der Waals surface area contributed by atoms with Crippen molar-refractivity contribution in [3.8, 4) is 0 Å². The molecule has 0 saturated heterocycles. The fourth-order valence-corrected chi connectivity index (χ4v) is 1.05. The van der Waals surface area contributed by atoms with Crippen molar-refractivity contribution < 1.29 is 4.79 Å². The fourth-order valence-electron chi connectivity index (χ4n) is 0.955. The van der Waals surface area contributed by atoms with Crippen LogP contribution >= 0.6 is 11.6 Å². The lowest BCUT2D eigenvalue weighted by Crippen LogP contribution is -2.37. The summed E-state index contributed by atoms with van der Waals surface area (Å²) in [4.78, 5) is 17.8. The lowest BCUT2D eigenvalue weighted by molar-refractivity contribution is 0.241. The van der Waals surface area contributed by atoms with E-state index in [2.05, 4.69) is 20.6 Å². The van der Waals surface area contributed by atoms with E-state index < -0.39 is 0 Å². The predicted octanol–water partition coefficient (Wildman–Crippen LogP) is 0.490. The van der Waals surface area contributed by atoms with Crippen LogP contribution in [0.1, 0.15) is 5.69 Å². The van der Waals surface area contributed by atoms with Gasteiger partial charge in [0.2, 0.25) is 0 Å². The fraction of sp³-hybridized carbons (Fsp3) is 0.500. The molecule has 0 atom stereocenters. The molecule has 2 amide bonds. The highest BCUT2D eigenvalue weighted by Gasteiger charge is 1.98. The minimum Gasteiger partial charge on any atom is -0.348 e. The predicted molar refractivity (Wildman–Crippen MR) is 54.4 cm³/mol. The zero-order valence-electron chi connectivity index (χ0n) is 7.72. The largest absolute Gasteiger partial charge is 0.348 e. The van der Waals surface area contributed by atoms with Crippen molar-refractivity contribution in [2.75, 3.05) is 19.0 Å². The Morgan fingerprint density at radius 2 is 2.29 bits per heavy atom. The third kappa shape index (κ3) is 4.13. The average molecular weight is 217 g/mol. The van der Waals surface area contributed by atoms with Crippen LogP contribution in [0.3, 0.4) is 0 Å².